The van der Waals surface area contributed by atoms with Crippen molar-refractivity contribution in [3.05, 3.63) is 65.4 Å². The van der Waals surface area contributed by atoms with Crippen molar-refractivity contribution in [1.82, 2.24) is 5.16 Å². The Morgan fingerprint density at radius 1 is 1.04 bits per heavy atom. The Morgan fingerprint density at radius 2 is 1.80 bits per heavy atom. The second kappa shape index (κ2) is 6.29. The molecule has 2 aromatic carbocycles. The molecule has 0 fully saturated rings. The number of hydrogen-bond acceptors (Lipinski definition) is 4. The van der Waals surface area contributed by atoms with Crippen LogP contribution >= 0.6 is 0 Å². The van der Waals surface area contributed by atoms with Crippen LogP contribution in [0.5, 0.6) is 0 Å². The molecule has 0 aliphatic rings. The van der Waals surface area contributed by atoms with Gasteiger partial charge < -0.3 is 4.52 Å². The van der Waals surface area contributed by atoms with Gasteiger partial charge in [0, 0.05) is 17.7 Å². The molecule has 0 bridgehead atoms. The minimum absolute atomic E-state index is 0.0669. The molecule has 0 aliphatic carbocycles. The van der Waals surface area contributed by atoms with E-state index < -0.39 is 27.3 Å². The molecule has 0 aliphatic heterocycles. The standard InChI is InChI=1S/C17H14F2N2O3S/c1-10-3-4-12(16-7-11(2)20-24-16)8-17(10)25(22,23)21-15-9-13(18)5-6-14(15)19/h3-9,21H,1-2H3. The summed E-state index contributed by atoms with van der Waals surface area (Å²) in [6.45, 7) is 3.35. The van der Waals surface area contributed by atoms with Crippen molar-refractivity contribution in [3.8, 4) is 11.3 Å². The summed E-state index contributed by atoms with van der Waals surface area (Å²) in [7, 11) is -4.13. The zero-order valence-electron chi connectivity index (χ0n) is 13.4. The maximum atomic E-state index is 13.7. The highest BCUT2D eigenvalue weighted by Crippen LogP contribution is 2.27. The summed E-state index contributed by atoms with van der Waals surface area (Å²) in [4.78, 5) is -0.0669. The topological polar surface area (TPSA) is 72.2 Å². The Balaban J connectivity index is 2.03. The summed E-state index contributed by atoms with van der Waals surface area (Å²) in [6, 6.07) is 8.90. The fourth-order valence-electron chi connectivity index (χ4n) is 2.32. The normalized spacial score (nSPS) is 11.5. The molecule has 1 N–H and O–H groups in total. The highest BCUT2D eigenvalue weighted by Gasteiger charge is 2.20. The number of rotatable bonds is 4. The lowest BCUT2D eigenvalue weighted by atomic mass is 10.1. The molecule has 5 nitrogen and oxygen atoms in total. The number of anilines is 1. The molecule has 3 rings (SSSR count). The Bertz CT molecular complexity index is 1050. The van der Waals surface area contributed by atoms with Gasteiger partial charge in [-0.2, -0.15) is 0 Å². The zero-order valence-corrected chi connectivity index (χ0v) is 14.2. The Labute approximate surface area is 143 Å². The van der Waals surface area contributed by atoms with Crippen LogP contribution in [0.3, 0.4) is 0 Å². The van der Waals surface area contributed by atoms with Crippen LogP contribution in [0.4, 0.5) is 14.5 Å². The first-order chi connectivity index (χ1) is 11.8. The molecular weight excluding hydrogens is 350 g/mol. The molecule has 0 atom stereocenters. The minimum atomic E-state index is -4.13. The summed E-state index contributed by atoms with van der Waals surface area (Å²) in [6.07, 6.45) is 0. The van der Waals surface area contributed by atoms with Crippen molar-refractivity contribution in [2.24, 2.45) is 0 Å². The third-order valence-corrected chi connectivity index (χ3v) is 5.07. The van der Waals surface area contributed by atoms with Gasteiger partial charge in [0.15, 0.2) is 5.76 Å². The quantitative estimate of drug-likeness (QED) is 0.758. The van der Waals surface area contributed by atoms with E-state index in [1.54, 1.807) is 32.0 Å². The molecule has 1 heterocycles. The van der Waals surface area contributed by atoms with Gasteiger partial charge >= 0.3 is 0 Å². The number of aryl methyl sites for hydroxylation is 2. The molecule has 0 amide bonds. The summed E-state index contributed by atoms with van der Waals surface area (Å²) < 4.78 is 59.5. The van der Waals surface area contributed by atoms with Gasteiger partial charge in [-0.1, -0.05) is 17.3 Å². The van der Waals surface area contributed by atoms with Gasteiger partial charge in [-0.3, -0.25) is 4.72 Å². The number of nitrogens with zero attached hydrogens (tertiary/aromatic N) is 1. The van der Waals surface area contributed by atoms with Crippen LogP contribution in [0.15, 0.2) is 51.9 Å². The molecule has 0 spiro atoms. The molecule has 1 aromatic heterocycles. The van der Waals surface area contributed by atoms with Gasteiger partial charge in [0.2, 0.25) is 0 Å². The van der Waals surface area contributed by atoms with Crippen molar-refractivity contribution in [1.29, 1.82) is 0 Å². The number of benzene rings is 2. The molecule has 3 aromatic rings. The lowest BCUT2D eigenvalue weighted by Gasteiger charge is -2.12. The second-order valence-corrected chi connectivity index (χ2v) is 7.19. The number of nitrogens with one attached hydrogen (secondary N) is 1. The monoisotopic (exact) mass is 364 g/mol. The van der Waals surface area contributed by atoms with Crippen LogP contribution in [0, 0.1) is 25.5 Å². The van der Waals surface area contributed by atoms with Crippen molar-refractivity contribution in [3.63, 3.8) is 0 Å². The molecule has 0 radical (unpaired) electrons. The molecule has 0 saturated carbocycles. The fourth-order valence-corrected chi connectivity index (χ4v) is 3.65. The fraction of sp³-hybridized carbons (Fsp3) is 0.118. The van der Waals surface area contributed by atoms with Crippen LogP contribution in [-0.2, 0) is 10.0 Å². The van der Waals surface area contributed by atoms with Crippen LogP contribution in [0.2, 0.25) is 0 Å². The van der Waals surface area contributed by atoms with E-state index in [-0.39, 0.29) is 4.90 Å². The summed E-state index contributed by atoms with van der Waals surface area (Å²) in [5.41, 5.74) is 1.15. The number of aromatic nitrogens is 1. The summed E-state index contributed by atoms with van der Waals surface area (Å²) in [5.74, 6) is -1.21. The lowest BCUT2D eigenvalue weighted by Crippen LogP contribution is -2.15. The molecular formula is C17H14F2N2O3S. The largest absolute Gasteiger partial charge is 0.356 e. The third kappa shape index (κ3) is 3.53. The average molecular weight is 364 g/mol. The number of halogens is 2. The highest BCUT2D eigenvalue weighted by atomic mass is 32.2. The summed E-state index contributed by atoms with van der Waals surface area (Å²) in [5, 5.41) is 3.76. The predicted molar refractivity (Wildman–Crippen MR) is 88.6 cm³/mol. The van der Waals surface area contributed by atoms with E-state index in [9.17, 15) is 17.2 Å². The SMILES string of the molecule is Cc1cc(-c2ccc(C)c(S(=O)(=O)Nc3cc(F)ccc3F)c2)on1. The third-order valence-electron chi connectivity index (χ3n) is 3.56. The molecule has 25 heavy (non-hydrogen) atoms. The Kier molecular flexibility index (Phi) is 4.30. The van der Waals surface area contributed by atoms with Gasteiger partial charge in [0.1, 0.15) is 11.6 Å². The van der Waals surface area contributed by atoms with Crippen molar-refractivity contribution < 1.29 is 21.7 Å². The lowest BCUT2D eigenvalue weighted by molar-refractivity contribution is 0.427. The summed E-state index contributed by atoms with van der Waals surface area (Å²) >= 11 is 0. The van der Waals surface area contributed by atoms with Crippen molar-refractivity contribution in [2.45, 2.75) is 18.7 Å². The minimum Gasteiger partial charge on any atom is -0.356 e. The average Bonchev–Trinajstić information content (AvgIpc) is 2.97. The second-order valence-electron chi connectivity index (χ2n) is 5.54. The number of sulfonamides is 1. The Hall–Kier alpha value is -2.74. The maximum Gasteiger partial charge on any atom is 0.262 e. The molecule has 8 heteroatoms. The number of hydrogen-bond donors (Lipinski definition) is 1. The molecule has 130 valence electrons. The molecule has 0 saturated heterocycles. The van der Waals surface area contributed by atoms with Crippen molar-refractivity contribution in [2.75, 3.05) is 4.72 Å². The van der Waals surface area contributed by atoms with E-state index >= 15 is 0 Å². The highest BCUT2D eigenvalue weighted by molar-refractivity contribution is 7.92. The smallest absolute Gasteiger partial charge is 0.262 e. The van der Waals surface area contributed by atoms with E-state index in [2.05, 4.69) is 9.88 Å². The van der Waals surface area contributed by atoms with Gasteiger partial charge in [-0.15, -0.1) is 0 Å². The van der Waals surface area contributed by atoms with E-state index in [0.717, 1.165) is 18.2 Å². The molecule has 0 unspecified atom stereocenters. The van der Waals surface area contributed by atoms with Gasteiger partial charge in [0.05, 0.1) is 16.3 Å². The van der Waals surface area contributed by atoms with Gasteiger partial charge in [-0.05, 0) is 37.6 Å². The van der Waals surface area contributed by atoms with E-state index in [4.69, 9.17) is 4.52 Å². The van der Waals surface area contributed by atoms with Crippen LogP contribution in [0.1, 0.15) is 11.3 Å². The van der Waals surface area contributed by atoms with Gasteiger partial charge in [-0.25, -0.2) is 17.2 Å². The van der Waals surface area contributed by atoms with E-state index in [0.29, 0.717) is 22.6 Å². The van der Waals surface area contributed by atoms with Crippen LogP contribution in [0.25, 0.3) is 11.3 Å². The van der Waals surface area contributed by atoms with Crippen LogP contribution in [-0.4, -0.2) is 13.6 Å². The predicted octanol–water partition coefficient (Wildman–Crippen LogP) is 4.04. The Morgan fingerprint density at radius 3 is 2.48 bits per heavy atom. The zero-order chi connectivity index (χ0) is 18.2. The first-order valence-electron chi connectivity index (χ1n) is 7.28. The van der Waals surface area contributed by atoms with E-state index in [1.807, 2.05) is 0 Å². The van der Waals surface area contributed by atoms with Crippen molar-refractivity contribution >= 4 is 15.7 Å². The first kappa shape index (κ1) is 17.1. The first-order valence-corrected chi connectivity index (χ1v) is 8.77. The van der Waals surface area contributed by atoms with Gasteiger partial charge in [0.25, 0.3) is 10.0 Å². The van der Waals surface area contributed by atoms with E-state index in [1.165, 1.54) is 6.07 Å². The maximum absolute atomic E-state index is 13.7. The van der Waals surface area contributed by atoms with Crippen LogP contribution < -0.4 is 4.72 Å².